The van der Waals surface area contributed by atoms with E-state index in [2.05, 4.69) is 36.8 Å². The van der Waals surface area contributed by atoms with E-state index in [1.165, 1.54) is 6.20 Å². The van der Waals surface area contributed by atoms with Crippen LogP contribution in [0.25, 0.3) is 0 Å². The molecule has 0 aliphatic rings. The largest absolute Gasteiger partial charge is 0.479 e. The number of aliphatic hydroxyl groups is 1. The molecule has 0 saturated heterocycles. The summed E-state index contributed by atoms with van der Waals surface area (Å²) in [6.07, 6.45) is -2.84. The lowest BCUT2D eigenvalue weighted by atomic mass is 10.1. The average Bonchev–Trinajstić information content (AvgIpc) is 2.15. The predicted molar refractivity (Wildman–Crippen MR) is 57.1 cm³/mol. The molecule has 2 N–H and O–H groups in total. The highest BCUT2D eigenvalue weighted by atomic mass is 79.9. The molecule has 1 heterocycles. The Labute approximate surface area is 101 Å². The number of hydrogen-bond donors (Lipinski definition) is 2. The van der Waals surface area contributed by atoms with Gasteiger partial charge in [-0.2, -0.15) is 0 Å². The monoisotopic (exact) mass is 341 g/mol. The number of carboxylic acid groups (broad SMARTS) is 1. The summed E-state index contributed by atoms with van der Waals surface area (Å²) in [6.45, 7) is 0. The predicted octanol–water partition coefficient (Wildman–Crippen LogP) is 2.06. The third-order valence-electron chi connectivity index (χ3n) is 1.63. The van der Waals surface area contributed by atoms with Crippen LogP contribution in [-0.2, 0) is 4.79 Å². The lowest BCUT2D eigenvalue weighted by Crippen LogP contribution is -2.24. The molecule has 7 heteroatoms. The van der Waals surface area contributed by atoms with Crippen LogP contribution in [0.1, 0.15) is 11.8 Å². The highest BCUT2D eigenvalue weighted by Gasteiger charge is 2.29. The van der Waals surface area contributed by atoms with E-state index in [1.54, 1.807) is 6.07 Å². The SMILES string of the molecule is O=C(O)C(F)C(O)c1ncc(Br)cc1Br. The van der Waals surface area contributed by atoms with Crippen molar-refractivity contribution in [2.24, 2.45) is 0 Å². The molecule has 0 fully saturated rings. The molecule has 0 spiro atoms. The van der Waals surface area contributed by atoms with Gasteiger partial charge in [0.15, 0.2) is 0 Å². The molecular formula is C8H6Br2FNO3. The molecule has 0 aromatic carbocycles. The molecule has 2 unspecified atom stereocenters. The maximum Gasteiger partial charge on any atom is 0.341 e. The normalized spacial score (nSPS) is 14.7. The molecule has 1 rings (SSSR count). The molecule has 0 aliphatic heterocycles. The molecule has 0 aliphatic carbocycles. The molecule has 0 bridgehead atoms. The number of nitrogens with zero attached hydrogens (tertiary/aromatic N) is 1. The first-order chi connectivity index (χ1) is 6.93. The van der Waals surface area contributed by atoms with Crippen LogP contribution in [0.15, 0.2) is 21.2 Å². The van der Waals surface area contributed by atoms with Gasteiger partial charge in [-0.3, -0.25) is 4.98 Å². The second kappa shape index (κ2) is 5.00. The second-order valence-corrected chi connectivity index (χ2v) is 4.48. The van der Waals surface area contributed by atoms with Gasteiger partial charge in [0.05, 0.1) is 5.69 Å². The van der Waals surface area contributed by atoms with Crippen molar-refractivity contribution in [1.82, 2.24) is 4.98 Å². The fourth-order valence-corrected chi connectivity index (χ4v) is 2.14. The standard InChI is InChI=1S/C8H6Br2FNO3/c9-3-1-4(10)6(12-2-3)7(13)5(11)8(14)15/h1-2,5,7,13H,(H,14,15). The second-order valence-electron chi connectivity index (χ2n) is 2.71. The molecule has 15 heavy (non-hydrogen) atoms. The number of aromatic nitrogens is 1. The number of carbonyl (C=O) groups is 1. The van der Waals surface area contributed by atoms with Crippen molar-refractivity contribution in [3.63, 3.8) is 0 Å². The van der Waals surface area contributed by atoms with Crippen LogP contribution in [0, 0.1) is 0 Å². The summed E-state index contributed by atoms with van der Waals surface area (Å²) in [4.78, 5) is 14.0. The van der Waals surface area contributed by atoms with Gasteiger partial charge in [-0.05, 0) is 37.9 Å². The Hall–Kier alpha value is -0.530. The molecule has 0 saturated carbocycles. The minimum Gasteiger partial charge on any atom is -0.479 e. The number of halogens is 3. The smallest absolute Gasteiger partial charge is 0.341 e. The van der Waals surface area contributed by atoms with Crippen molar-refractivity contribution >= 4 is 37.8 Å². The van der Waals surface area contributed by atoms with Gasteiger partial charge in [-0.15, -0.1) is 0 Å². The average molecular weight is 343 g/mol. The zero-order valence-electron chi connectivity index (χ0n) is 7.19. The van der Waals surface area contributed by atoms with Crippen molar-refractivity contribution < 1.29 is 19.4 Å². The summed E-state index contributed by atoms with van der Waals surface area (Å²) >= 11 is 6.18. The summed E-state index contributed by atoms with van der Waals surface area (Å²) in [5, 5.41) is 17.7. The number of rotatable bonds is 3. The van der Waals surface area contributed by atoms with Crippen molar-refractivity contribution in [3.8, 4) is 0 Å². The van der Waals surface area contributed by atoms with Gasteiger partial charge in [0, 0.05) is 15.1 Å². The number of aliphatic hydroxyl groups excluding tert-OH is 1. The number of hydrogen-bond acceptors (Lipinski definition) is 3. The van der Waals surface area contributed by atoms with Crippen molar-refractivity contribution in [3.05, 3.63) is 26.9 Å². The molecule has 1 aromatic rings. The first-order valence-corrected chi connectivity index (χ1v) is 5.38. The van der Waals surface area contributed by atoms with Crippen LogP contribution < -0.4 is 0 Å². The minimum atomic E-state index is -2.39. The van der Waals surface area contributed by atoms with E-state index in [0.29, 0.717) is 8.95 Å². The molecule has 2 atom stereocenters. The number of pyridine rings is 1. The van der Waals surface area contributed by atoms with E-state index in [1.807, 2.05) is 0 Å². The third kappa shape index (κ3) is 2.96. The van der Waals surface area contributed by atoms with Gasteiger partial charge in [0.2, 0.25) is 6.17 Å². The Bertz CT molecular complexity index is 388. The maximum absolute atomic E-state index is 13.0. The molecule has 0 amide bonds. The van der Waals surface area contributed by atoms with Crippen LogP contribution in [0.2, 0.25) is 0 Å². The highest BCUT2D eigenvalue weighted by Crippen LogP contribution is 2.27. The van der Waals surface area contributed by atoms with Crippen LogP contribution >= 0.6 is 31.9 Å². The zero-order valence-corrected chi connectivity index (χ0v) is 10.4. The van der Waals surface area contributed by atoms with Gasteiger partial charge in [0.25, 0.3) is 0 Å². The van der Waals surface area contributed by atoms with Gasteiger partial charge < -0.3 is 10.2 Å². The third-order valence-corrected chi connectivity index (χ3v) is 2.70. The maximum atomic E-state index is 13.0. The van der Waals surface area contributed by atoms with Crippen LogP contribution in [0.4, 0.5) is 4.39 Å². The Kier molecular flexibility index (Phi) is 4.18. The Morgan fingerprint density at radius 2 is 2.13 bits per heavy atom. The van der Waals surface area contributed by atoms with Gasteiger partial charge in [0.1, 0.15) is 6.10 Å². The molecule has 0 radical (unpaired) electrons. The summed E-state index contributed by atoms with van der Waals surface area (Å²) in [5.41, 5.74) is -0.0481. The van der Waals surface area contributed by atoms with Crippen LogP contribution in [0.3, 0.4) is 0 Å². The first-order valence-electron chi connectivity index (χ1n) is 3.79. The van der Waals surface area contributed by atoms with E-state index in [4.69, 9.17) is 5.11 Å². The zero-order chi connectivity index (χ0) is 11.6. The van der Waals surface area contributed by atoms with Gasteiger partial charge in [-0.25, -0.2) is 9.18 Å². The summed E-state index contributed by atoms with van der Waals surface area (Å²) in [7, 11) is 0. The summed E-state index contributed by atoms with van der Waals surface area (Å²) < 4.78 is 13.9. The summed E-state index contributed by atoms with van der Waals surface area (Å²) in [6, 6.07) is 1.54. The molecule has 82 valence electrons. The molecule has 1 aromatic heterocycles. The number of aliphatic carboxylic acids is 1. The molecule has 4 nitrogen and oxygen atoms in total. The lowest BCUT2D eigenvalue weighted by Gasteiger charge is -2.12. The minimum absolute atomic E-state index is 0.0481. The fraction of sp³-hybridized carbons (Fsp3) is 0.250. The van der Waals surface area contributed by atoms with Crippen molar-refractivity contribution in [2.75, 3.05) is 0 Å². The Balaban J connectivity index is 3.01. The van der Waals surface area contributed by atoms with Gasteiger partial charge in [-0.1, -0.05) is 0 Å². The fourth-order valence-electron chi connectivity index (χ4n) is 0.916. The van der Waals surface area contributed by atoms with Crippen LogP contribution in [-0.4, -0.2) is 27.3 Å². The lowest BCUT2D eigenvalue weighted by molar-refractivity contribution is -0.147. The Morgan fingerprint density at radius 3 is 2.60 bits per heavy atom. The van der Waals surface area contributed by atoms with E-state index in [-0.39, 0.29) is 5.69 Å². The topological polar surface area (TPSA) is 70.4 Å². The first kappa shape index (κ1) is 12.5. The molecular weight excluding hydrogens is 337 g/mol. The van der Waals surface area contributed by atoms with Crippen molar-refractivity contribution in [1.29, 1.82) is 0 Å². The van der Waals surface area contributed by atoms with Gasteiger partial charge >= 0.3 is 5.97 Å². The van der Waals surface area contributed by atoms with E-state index in [0.717, 1.165) is 0 Å². The number of carboxylic acids is 1. The number of alkyl halides is 1. The summed E-state index contributed by atoms with van der Waals surface area (Å²) in [5.74, 6) is -1.72. The van der Waals surface area contributed by atoms with Crippen molar-refractivity contribution in [2.45, 2.75) is 12.3 Å². The highest BCUT2D eigenvalue weighted by molar-refractivity contribution is 9.11. The van der Waals surface area contributed by atoms with E-state index >= 15 is 0 Å². The quantitative estimate of drug-likeness (QED) is 0.882. The van der Waals surface area contributed by atoms with E-state index < -0.39 is 18.2 Å². The Morgan fingerprint density at radius 1 is 1.53 bits per heavy atom. The van der Waals surface area contributed by atoms with E-state index in [9.17, 15) is 14.3 Å². The van der Waals surface area contributed by atoms with Crippen LogP contribution in [0.5, 0.6) is 0 Å².